The minimum absolute atomic E-state index is 1.03. The molecule has 3 heteroatoms. The van der Waals surface area contributed by atoms with Crippen LogP contribution in [0.3, 0.4) is 0 Å². The summed E-state index contributed by atoms with van der Waals surface area (Å²) in [5, 5.41) is 2.56. The fourth-order valence-corrected chi connectivity index (χ4v) is 8.80. The summed E-state index contributed by atoms with van der Waals surface area (Å²) in [6.07, 6.45) is 26.9. The SMILES string of the molecule is CCCCCCC1=C(c2cc(CCC)c(CCC)c(CCC)c2)[N+](=[N-])C(c2cc(CCCC)c(CCCC)c(CCCC)c2)=C1CCCC.C[CH2][Ni][CH2]C. The predicted molar refractivity (Wildman–Crippen MR) is 237 cm³/mol. The first-order valence-electron chi connectivity index (χ1n) is 23.1. The van der Waals surface area contributed by atoms with Crippen LogP contribution in [-0.2, 0) is 53.0 Å². The molecule has 54 heavy (non-hydrogen) atoms. The normalized spacial score (nSPS) is 13.0. The maximum atomic E-state index is 12.7. The molecule has 1 heterocycles. The number of benzene rings is 2. The summed E-state index contributed by atoms with van der Waals surface area (Å²) < 4.78 is 1.69. The molecule has 1 aliphatic rings. The summed E-state index contributed by atoms with van der Waals surface area (Å²) in [6, 6.07) is 9.97. The van der Waals surface area contributed by atoms with Crippen molar-refractivity contribution < 1.29 is 19.1 Å². The van der Waals surface area contributed by atoms with E-state index in [1.165, 1.54) is 132 Å². The molecule has 2 aromatic carbocycles. The van der Waals surface area contributed by atoms with Gasteiger partial charge in [0, 0.05) is 22.3 Å². The molecule has 0 saturated carbocycles. The monoisotopic (exact) mass is 783 g/mol. The van der Waals surface area contributed by atoms with E-state index in [9.17, 15) is 5.53 Å². The molecule has 0 fully saturated rings. The van der Waals surface area contributed by atoms with Crippen molar-refractivity contribution in [2.24, 2.45) is 0 Å². The number of hydrogen-bond acceptors (Lipinski definition) is 0. The van der Waals surface area contributed by atoms with Gasteiger partial charge in [-0.25, -0.2) is 4.70 Å². The molecule has 308 valence electrons. The van der Waals surface area contributed by atoms with E-state index in [0.29, 0.717) is 0 Å². The number of allylic oxidation sites excluding steroid dienone is 2. The van der Waals surface area contributed by atoms with E-state index in [1.54, 1.807) is 15.8 Å². The molecule has 0 aliphatic carbocycles. The van der Waals surface area contributed by atoms with Crippen LogP contribution in [0.25, 0.3) is 16.9 Å². The topological polar surface area (TPSA) is 25.3 Å². The quantitative estimate of drug-likeness (QED) is 0.0490. The van der Waals surface area contributed by atoms with Crippen LogP contribution in [0.4, 0.5) is 0 Å². The van der Waals surface area contributed by atoms with Crippen LogP contribution in [-0.4, -0.2) is 4.70 Å². The summed E-state index contributed by atoms with van der Waals surface area (Å²) >= 11 is 1.82. The molecular formula is C51H84N2Ni. The number of aryl methyl sites for hydroxylation is 4. The first kappa shape index (κ1) is 48.2. The van der Waals surface area contributed by atoms with Gasteiger partial charge in [0.25, 0.3) is 0 Å². The Morgan fingerprint density at radius 2 is 0.759 bits per heavy atom. The van der Waals surface area contributed by atoms with Crippen molar-refractivity contribution in [3.8, 4) is 0 Å². The zero-order valence-electron chi connectivity index (χ0n) is 37.2. The maximum absolute atomic E-state index is 12.7. The van der Waals surface area contributed by atoms with Crippen molar-refractivity contribution in [3.05, 3.63) is 85.5 Å². The van der Waals surface area contributed by atoms with Crippen LogP contribution >= 0.6 is 0 Å². The van der Waals surface area contributed by atoms with Gasteiger partial charge >= 0.3 is 39.1 Å². The molecule has 0 atom stereocenters. The van der Waals surface area contributed by atoms with Crippen molar-refractivity contribution in [1.29, 1.82) is 0 Å². The molecular weight excluding hydrogens is 699 g/mol. The predicted octanol–water partition coefficient (Wildman–Crippen LogP) is 16.8. The van der Waals surface area contributed by atoms with Gasteiger partial charge < -0.3 is 5.53 Å². The third kappa shape index (κ3) is 14.5. The average molecular weight is 784 g/mol. The van der Waals surface area contributed by atoms with Gasteiger partial charge in [-0.2, -0.15) is 0 Å². The Morgan fingerprint density at radius 3 is 1.15 bits per heavy atom. The summed E-state index contributed by atoms with van der Waals surface area (Å²) in [5.74, 6) is 0. The van der Waals surface area contributed by atoms with E-state index in [2.05, 4.69) is 93.5 Å². The molecule has 0 aromatic heterocycles. The Bertz CT molecular complexity index is 1390. The van der Waals surface area contributed by atoms with E-state index in [0.717, 1.165) is 82.0 Å². The van der Waals surface area contributed by atoms with Gasteiger partial charge in [-0.15, -0.1) is 0 Å². The van der Waals surface area contributed by atoms with Gasteiger partial charge in [-0.05, 0) is 141 Å². The Hall–Kier alpha value is -1.99. The van der Waals surface area contributed by atoms with Crippen molar-refractivity contribution >= 4 is 11.4 Å². The van der Waals surface area contributed by atoms with Gasteiger partial charge in [0.15, 0.2) is 0 Å². The second kappa shape index (κ2) is 28.4. The van der Waals surface area contributed by atoms with Crippen LogP contribution in [0, 0.1) is 0 Å². The zero-order valence-corrected chi connectivity index (χ0v) is 38.2. The summed E-state index contributed by atoms with van der Waals surface area (Å²) in [7, 11) is 0. The molecule has 2 aromatic rings. The second-order valence-corrected chi connectivity index (χ2v) is 17.5. The molecule has 0 saturated heterocycles. The molecule has 0 N–H and O–H groups in total. The van der Waals surface area contributed by atoms with Crippen LogP contribution in [0.1, 0.15) is 223 Å². The van der Waals surface area contributed by atoms with Gasteiger partial charge in [0.05, 0.1) is 0 Å². The van der Waals surface area contributed by atoms with E-state index in [4.69, 9.17) is 0 Å². The molecule has 3 rings (SSSR count). The third-order valence-electron chi connectivity index (χ3n) is 11.1. The van der Waals surface area contributed by atoms with Gasteiger partial charge in [-0.3, -0.25) is 0 Å². The van der Waals surface area contributed by atoms with Gasteiger partial charge in [0.2, 0.25) is 11.4 Å². The Kier molecular flexibility index (Phi) is 25.3. The summed E-state index contributed by atoms with van der Waals surface area (Å²) in [4.78, 5) is 0. The molecule has 0 radical (unpaired) electrons. The Balaban J connectivity index is 0.00000188. The van der Waals surface area contributed by atoms with E-state index < -0.39 is 0 Å². The minimum atomic E-state index is 1.03. The van der Waals surface area contributed by atoms with Gasteiger partial charge in [0.1, 0.15) is 0 Å². The van der Waals surface area contributed by atoms with E-state index in [1.807, 2.05) is 14.4 Å². The van der Waals surface area contributed by atoms with Crippen molar-refractivity contribution in [2.45, 2.75) is 228 Å². The second-order valence-electron chi connectivity index (χ2n) is 15.6. The average Bonchev–Trinajstić information content (AvgIpc) is 3.45. The van der Waals surface area contributed by atoms with Crippen LogP contribution in [0.15, 0.2) is 35.4 Å². The first-order chi connectivity index (χ1) is 26.3. The van der Waals surface area contributed by atoms with Crippen molar-refractivity contribution in [1.82, 2.24) is 0 Å². The zero-order chi connectivity index (χ0) is 39.7. The summed E-state index contributed by atoms with van der Waals surface area (Å²) in [6.45, 7) is 22.9. The third-order valence-corrected chi connectivity index (χ3v) is 12.1. The number of nitrogens with zero attached hydrogens (tertiary/aromatic N) is 2. The molecule has 0 unspecified atom stereocenters. The molecule has 0 bridgehead atoms. The van der Waals surface area contributed by atoms with Crippen LogP contribution < -0.4 is 0 Å². The fourth-order valence-electron chi connectivity index (χ4n) is 8.30. The van der Waals surface area contributed by atoms with Crippen LogP contribution in [0.5, 0.6) is 0 Å². The molecule has 0 amide bonds. The fraction of sp³-hybridized carbons (Fsp3) is 0.686. The Morgan fingerprint density at radius 1 is 0.389 bits per heavy atom. The van der Waals surface area contributed by atoms with Crippen molar-refractivity contribution in [3.63, 3.8) is 0 Å². The van der Waals surface area contributed by atoms with E-state index >= 15 is 0 Å². The van der Waals surface area contributed by atoms with E-state index in [-0.39, 0.29) is 0 Å². The van der Waals surface area contributed by atoms with Crippen LogP contribution in [0.2, 0.25) is 10.8 Å². The number of unbranched alkanes of at least 4 members (excludes halogenated alkanes) is 7. The standard InChI is InChI=1S/C47H74N2.2C2H5.Ni/c1-9-17-22-23-31-45-44(30-21-13-5)46(41-34-38(27-18-10-2)43(29-20-12-4)39(35-41)28-19-11-3)49(48)47(45)40-32-36(24-14-6)42(26-16-8)37(33-40)25-15-7;2*1-2;/h32-35H,9-31H2,1-8H3;2*1H2,2H3;. The first-order valence-corrected chi connectivity index (χ1v) is 24.5. The number of rotatable bonds is 27. The Labute approximate surface area is 342 Å². The van der Waals surface area contributed by atoms with Gasteiger partial charge in [-0.1, -0.05) is 120 Å². The number of hydrogen-bond donors (Lipinski definition) is 0. The molecule has 2 nitrogen and oxygen atoms in total. The molecule has 1 aliphatic heterocycles. The van der Waals surface area contributed by atoms with Crippen molar-refractivity contribution in [2.75, 3.05) is 0 Å². The molecule has 0 spiro atoms. The summed E-state index contributed by atoms with van der Waals surface area (Å²) in [5.41, 5.74) is 29.4.